The van der Waals surface area contributed by atoms with Gasteiger partial charge in [-0.15, -0.1) is 0 Å². The van der Waals surface area contributed by atoms with Crippen LogP contribution in [0.2, 0.25) is 5.02 Å². The molecule has 90 valence electrons. The Morgan fingerprint density at radius 3 is 2.50 bits per heavy atom. The van der Waals surface area contributed by atoms with E-state index in [0.717, 1.165) is 5.56 Å². The number of nitriles is 1. The van der Waals surface area contributed by atoms with E-state index in [1.165, 1.54) is 0 Å². The monoisotopic (exact) mass is 323 g/mol. The van der Waals surface area contributed by atoms with Crippen molar-refractivity contribution >= 4 is 33.4 Å². The van der Waals surface area contributed by atoms with Crippen molar-refractivity contribution < 1.29 is 4.79 Å². The largest absolute Gasteiger partial charge is 0.364 e. The molecule has 2 rings (SSSR count). The number of aromatic nitrogens is 1. The Labute approximate surface area is 116 Å². The van der Waals surface area contributed by atoms with Crippen LogP contribution < -0.4 is 5.73 Å². The number of nitrogens with two attached hydrogens (primary N) is 1. The maximum absolute atomic E-state index is 11.2. The second-order valence-corrected chi connectivity index (χ2v) is 4.78. The molecule has 0 radical (unpaired) electrons. The Morgan fingerprint density at radius 1 is 1.39 bits per heavy atom. The van der Waals surface area contributed by atoms with Crippen LogP contribution in [0.1, 0.15) is 16.1 Å². The van der Waals surface area contributed by atoms with E-state index in [9.17, 15) is 4.79 Å². The van der Waals surface area contributed by atoms with Crippen molar-refractivity contribution in [2.24, 2.45) is 5.73 Å². The number of nitrogens with zero attached hydrogens (tertiary/aromatic N) is 1. The molecule has 1 amide bonds. The van der Waals surface area contributed by atoms with Crippen LogP contribution >= 0.6 is 27.5 Å². The first-order valence-electron chi connectivity index (χ1n) is 4.92. The number of carbonyl (C=O) groups is 1. The summed E-state index contributed by atoms with van der Waals surface area (Å²) in [7, 11) is 0. The van der Waals surface area contributed by atoms with E-state index in [-0.39, 0.29) is 5.69 Å². The molecule has 1 heterocycles. The minimum atomic E-state index is -0.626. The van der Waals surface area contributed by atoms with Gasteiger partial charge in [-0.05, 0) is 33.6 Å². The highest BCUT2D eigenvalue weighted by molar-refractivity contribution is 9.10. The van der Waals surface area contributed by atoms with Crippen LogP contribution in [0, 0.1) is 11.3 Å². The lowest BCUT2D eigenvalue weighted by molar-refractivity contribution is 0.0995. The smallest absolute Gasteiger partial charge is 0.266 e. The Kier molecular flexibility index (Phi) is 3.41. The summed E-state index contributed by atoms with van der Waals surface area (Å²) in [4.78, 5) is 14.1. The van der Waals surface area contributed by atoms with Crippen molar-refractivity contribution in [3.05, 3.63) is 45.0 Å². The number of halogens is 2. The Balaban J connectivity index is 2.65. The summed E-state index contributed by atoms with van der Waals surface area (Å²) < 4.78 is 0.377. The lowest BCUT2D eigenvalue weighted by Gasteiger charge is -1.99. The third-order valence-electron chi connectivity index (χ3n) is 2.43. The molecule has 0 aliphatic heterocycles. The molecule has 18 heavy (non-hydrogen) atoms. The third kappa shape index (κ3) is 2.13. The van der Waals surface area contributed by atoms with E-state index in [1.807, 2.05) is 6.07 Å². The van der Waals surface area contributed by atoms with Crippen LogP contribution in [-0.4, -0.2) is 10.9 Å². The van der Waals surface area contributed by atoms with Gasteiger partial charge >= 0.3 is 0 Å². The van der Waals surface area contributed by atoms with Gasteiger partial charge in [0.25, 0.3) is 5.91 Å². The van der Waals surface area contributed by atoms with Crippen LogP contribution in [0.25, 0.3) is 11.3 Å². The maximum Gasteiger partial charge on any atom is 0.266 e. The second-order valence-electron chi connectivity index (χ2n) is 3.55. The number of hydrogen-bond donors (Lipinski definition) is 2. The molecule has 0 aliphatic carbocycles. The van der Waals surface area contributed by atoms with Crippen molar-refractivity contribution in [2.45, 2.75) is 0 Å². The highest BCUT2D eigenvalue weighted by Gasteiger charge is 2.19. The topological polar surface area (TPSA) is 82.7 Å². The summed E-state index contributed by atoms with van der Waals surface area (Å²) in [6.45, 7) is 0. The maximum atomic E-state index is 11.2. The van der Waals surface area contributed by atoms with E-state index < -0.39 is 5.91 Å². The molecule has 0 atom stereocenters. The molecule has 0 saturated carbocycles. The average Bonchev–Trinajstić information content (AvgIpc) is 2.67. The average molecular weight is 325 g/mol. The molecular formula is C12H7BrClN3O. The molecule has 6 heteroatoms. The van der Waals surface area contributed by atoms with E-state index in [0.29, 0.717) is 20.8 Å². The molecule has 0 unspecified atom stereocenters. The van der Waals surface area contributed by atoms with Crippen LogP contribution in [0.3, 0.4) is 0 Å². The molecule has 3 N–H and O–H groups in total. The van der Waals surface area contributed by atoms with Gasteiger partial charge in [0.2, 0.25) is 0 Å². The first-order valence-corrected chi connectivity index (χ1v) is 6.09. The number of amides is 1. The number of nitrogens with one attached hydrogen (secondary N) is 1. The first-order chi connectivity index (χ1) is 8.54. The zero-order valence-electron chi connectivity index (χ0n) is 9.00. The van der Waals surface area contributed by atoms with Gasteiger partial charge in [-0.2, -0.15) is 5.26 Å². The summed E-state index contributed by atoms with van der Waals surface area (Å²) in [6, 6.07) is 8.96. The summed E-state index contributed by atoms with van der Waals surface area (Å²) >= 11 is 9.00. The van der Waals surface area contributed by atoms with Crippen molar-refractivity contribution in [3.8, 4) is 17.3 Å². The number of benzene rings is 1. The van der Waals surface area contributed by atoms with Crippen LogP contribution in [-0.2, 0) is 0 Å². The zero-order valence-corrected chi connectivity index (χ0v) is 11.3. The van der Waals surface area contributed by atoms with E-state index in [2.05, 4.69) is 20.9 Å². The van der Waals surface area contributed by atoms with E-state index in [1.54, 1.807) is 24.3 Å². The zero-order chi connectivity index (χ0) is 13.3. The van der Waals surface area contributed by atoms with Crippen LogP contribution in [0.15, 0.2) is 28.7 Å². The summed E-state index contributed by atoms with van der Waals surface area (Å²) in [5.74, 6) is -0.626. The van der Waals surface area contributed by atoms with Gasteiger partial charge in [-0.25, -0.2) is 0 Å². The number of aromatic amines is 1. The third-order valence-corrected chi connectivity index (χ3v) is 3.48. The highest BCUT2D eigenvalue weighted by Crippen LogP contribution is 2.31. The molecular weight excluding hydrogens is 318 g/mol. The predicted octanol–water partition coefficient (Wildman–Crippen LogP) is 3.07. The quantitative estimate of drug-likeness (QED) is 0.890. The SMILES string of the molecule is N#Cc1c(-c2ccc(Cl)cc2)[nH]c(C(N)=O)c1Br. The van der Waals surface area contributed by atoms with Crippen molar-refractivity contribution in [2.75, 3.05) is 0 Å². The van der Waals surface area contributed by atoms with Gasteiger partial charge < -0.3 is 10.7 Å². The van der Waals surface area contributed by atoms with Gasteiger partial charge in [0.05, 0.1) is 15.7 Å². The number of rotatable bonds is 2. The van der Waals surface area contributed by atoms with Gasteiger partial charge in [0, 0.05) is 5.02 Å². The number of H-pyrrole nitrogens is 1. The van der Waals surface area contributed by atoms with Gasteiger partial charge in [0.1, 0.15) is 11.8 Å². The normalized spacial score (nSPS) is 10.1. The van der Waals surface area contributed by atoms with Crippen LogP contribution in [0.5, 0.6) is 0 Å². The summed E-state index contributed by atoms with van der Waals surface area (Å²) in [6.07, 6.45) is 0. The Hall–Kier alpha value is -1.77. The molecule has 1 aromatic heterocycles. The van der Waals surface area contributed by atoms with Crippen LogP contribution in [0.4, 0.5) is 0 Å². The van der Waals surface area contributed by atoms with Gasteiger partial charge in [-0.3, -0.25) is 4.79 Å². The van der Waals surface area contributed by atoms with E-state index >= 15 is 0 Å². The van der Waals surface area contributed by atoms with Gasteiger partial charge in [0.15, 0.2) is 0 Å². The van der Waals surface area contributed by atoms with Crippen molar-refractivity contribution in [1.82, 2.24) is 4.98 Å². The summed E-state index contributed by atoms with van der Waals surface area (Å²) in [5, 5.41) is 9.73. The van der Waals surface area contributed by atoms with Crippen molar-refractivity contribution in [3.63, 3.8) is 0 Å². The molecule has 4 nitrogen and oxygen atoms in total. The molecule has 0 saturated heterocycles. The molecule has 1 aromatic carbocycles. The standard InChI is InChI=1S/C12H7BrClN3O/c13-9-8(5-15)10(17-11(9)12(16)18)6-1-3-7(14)4-2-6/h1-4,17H,(H2,16,18). The summed E-state index contributed by atoms with van der Waals surface area (Å²) in [5.41, 5.74) is 7.03. The number of carbonyl (C=O) groups excluding carboxylic acids is 1. The second kappa shape index (κ2) is 4.84. The fourth-order valence-electron chi connectivity index (χ4n) is 1.58. The van der Waals surface area contributed by atoms with E-state index in [4.69, 9.17) is 22.6 Å². The molecule has 0 aliphatic rings. The predicted molar refractivity (Wildman–Crippen MR) is 72.2 cm³/mol. The fraction of sp³-hybridized carbons (Fsp3) is 0. The minimum absolute atomic E-state index is 0.177. The molecule has 0 spiro atoms. The number of primary amides is 1. The minimum Gasteiger partial charge on any atom is -0.364 e. The van der Waals surface area contributed by atoms with Gasteiger partial charge in [-0.1, -0.05) is 23.7 Å². The molecule has 0 fully saturated rings. The highest BCUT2D eigenvalue weighted by atomic mass is 79.9. The lowest BCUT2D eigenvalue weighted by atomic mass is 10.1. The number of hydrogen-bond acceptors (Lipinski definition) is 2. The Bertz CT molecular complexity index is 655. The fourth-order valence-corrected chi connectivity index (χ4v) is 2.29. The molecule has 2 aromatic rings. The first kappa shape index (κ1) is 12.7. The lowest BCUT2D eigenvalue weighted by Crippen LogP contribution is -2.11. The Morgan fingerprint density at radius 2 is 2.00 bits per heavy atom. The van der Waals surface area contributed by atoms with Crippen molar-refractivity contribution in [1.29, 1.82) is 5.26 Å². The molecule has 0 bridgehead atoms.